The molecule has 6 nitrogen and oxygen atoms in total. The van der Waals surface area contributed by atoms with Gasteiger partial charge in [0, 0.05) is 29.1 Å². The maximum Gasteiger partial charge on any atom is 0.251 e. The Kier molecular flexibility index (Phi) is 6.30. The minimum atomic E-state index is -0.832. The van der Waals surface area contributed by atoms with Crippen LogP contribution in [0.5, 0.6) is 0 Å². The number of hydrogen-bond acceptors (Lipinski definition) is 3. The molecule has 0 aromatic heterocycles. The number of nitrogens with two attached hydrogens (primary N) is 1. The van der Waals surface area contributed by atoms with Crippen LogP contribution in [0.1, 0.15) is 22.8 Å². The second-order valence-electron chi connectivity index (χ2n) is 5.48. The van der Waals surface area contributed by atoms with Crippen LogP contribution in [0.3, 0.4) is 0 Å². The van der Waals surface area contributed by atoms with E-state index in [1.165, 1.54) is 6.92 Å². The van der Waals surface area contributed by atoms with Crippen LogP contribution in [0.4, 0.5) is 5.69 Å². The highest BCUT2D eigenvalue weighted by molar-refractivity contribution is 9.10. The van der Waals surface area contributed by atoms with E-state index < -0.39 is 17.9 Å². The molecule has 0 spiro atoms. The molecule has 2 aromatic rings. The molecule has 1 atom stereocenters. The molecule has 130 valence electrons. The van der Waals surface area contributed by atoms with E-state index in [-0.39, 0.29) is 12.3 Å². The molecule has 4 N–H and O–H groups in total. The molecule has 0 bridgehead atoms. The number of carbonyl (C=O) groups excluding carboxylic acids is 3. The third-order valence-electron chi connectivity index (χ3n) is 3.50. The molecule has 7 heteroatoms. The van der Waals surface area contributed by atoms with Gasteiger partial charge in [0.05, 0.1) is 0 Å². The van der Waals surface area contributed by atoms with Gasteiger partial charge in [-0.15, -0.1) is 0 Å². The molecule has 0 aliphatic heterocycles. The molecule has 0 unspecified atom stereocenters. The second-order valence-corrected chi connectivity index (χ2v) is 6.34. The van der Waals surface area contributed by atoms with Gasteiger partial charge in [-0.25, -0.2) is 0 Å². The van der Waals surface area contributed by atoms with Crippen LogP contribution in [-0.2, 0) is 16.0 Å². The van der Waals surface area contributed by atoms with Crippen LogP contribution < -0.4 is 16.4 Å². The van der Waals surface area contributed by atoms with Gasteiger partial charge in [-0.2, -0.15) is 0 Å². The summed E-state index contributed by atoms with van der Waals surface area (Å²) in [5.74, 6) is -1.22. The standard InChI is InChI=1S/C18H18BrN3O3/c1-11(23)21-14-8-6-12(7-9-14)18(25)22-16(17(20)24)10-13-4-2-3-5-15(13)19/h2-9,16H,10H2,1H3,(H2,20,24)(H,21,23)(H,22,25)/t16-/m0/s1. The number of halogens is 1. The summed E-state index contributed by atoms with van der Waals surface area (Å²) in [4.78, 5) is 35.1. The fourth-order valence-corrected chi connectivity index (χ4v) is 2.70. The van der Waals surface area contributed by atoms with E-state index in [4.69, 9.17) is 5.73 Å². The van der Waals surface area contributed by atoms with E-state index >= 15 is 0 Å². The average molecular weight is 404 g/mol. The van der Waals surface area contributed by atoms with Crippen molar-refractivity contribution in [3.05, 3.63) is 64.1 Å². The van der Waals surface area contributed by atoms with Crippen molar-refractivity contribution in [2.24, 2.45) is 5.73 Å². The zero-order valence-electron chi connectivity index (χ0n) is 13.6. The van der Waals surface area contributed by atoms with Crippen LogP contribution in [0, 0.1) is 0 Å². The third kappa shape index (κ3) is 5.42. The highest BCUT2D eigenvalue weighted by Gasteiger charge is 2.20. The lowest BCUT2D eigenvalue weighted by Gasteiger charge is -2.16. The van der Waals surface area contributed by atoms with Gasteiger partial charge in [0.15, 0.2) is 0 Å². The Hall–Kier alpha value is -2.67. The molecular weight excluding hydrogens is 386 g/mol. The first-order chi connectivity index (χ1) is 11.9. The number of hydrogen-bond donors (Lipinski definition) is 3. The maximum atomic E-state index is 12.4. The maximum absolute atomic E-state index is 12.4. The van der Waals surface area contributed by atoms with E-state index in [9.17, 15) is 14.4 Å². The zero-order valence-corrected chi connectivity index (χ0v) is 15.2. The van der Waals surface area contributed by atoms with Crippen molar-refractivity contribution in [2.45, 2.75) is 19.4 Å². The van der Waals surface area contributed by atoms with Crippen LogP contribution in [0.25, 0.3) is 0 Å². The first-order valence-corrected chi connectivity index (χ1v) is 8.37. The molecule has 0 saturated heterocycles. The molecule has 3 amide bonds. The normalized spacial score (nSPS) is 11.4. The van der Waals surface area contributed by atoms with E-state index in [2.05, 4.69) is 26.6 Å². The Labute approximate surface area is 153 Å². The molecule has 0 heterocycles. The number of anilines is 1. The highest BCUT2D eigenvalue weighted by atomic mass is 79.9. The van der Waals surface area contributed by atoms with Crippen LogP contribution in [0.15, 0.2) is 53.0 Å². The Balaban J connectivity index is 2.08. The van der Waals surface area contributed by atoms with Crippen LogP contribution in [0.2, 0.25) is 0 Å². The molecule has 0 saturated carbocycles. The van der Waals surface area contributed by atoms with E-state index in [1.807, 2.05) is 24.3 Å². The van der Waals surface area contributed by atoms with E-state index in [1.54, 1.807) is 24.3 Å². The van der Waals surface area contributed by atoms with Crippen molar-refractivity contribution in [1.82, 2.24) is 5.32 Å². The Morgan fingerprint density at radius 1 is 1.08 bits per heavy atom. The van der Waals surface area contributed by atoms with Crippen LogP contribution in [-0.4, -0.2) is 23.8 Å². The fourth-order valence-electron chi connectivity index (χ4n) is 2.26. The first-order valence-electron chi connectivity index (χ1n) is 7.58. The van der Waals surface area contributed by atoms with Gasteiger partial charge in [-0.1, -0.05) is 34.1 Å². The third-order valence-corrected chi connectivity index (χ3v) is 4.27. The van der Waals surface area contributed by atoms with Crippen molar-refractivity contribution in [3.8, 4) is 0 Å². The molecule has 0 radical (unpaired) electrons. The van der Waals surface area contributed by atoms with Gasteiger partial charge in [0.25, 0.3) is 5.91 Å². The van der Waals surface area contributed by atoms with Crippen molar-refractivity contribution in [3.63, 3.8) is 0 Å². The lowest BCUT2D eigenvalue weighted by atomic mass is 10.0. The second kappa shape index (κ2) is 8.43. The Morgan fingerprint density at radius 2 is 1.72 bits per heavy atom. The summed E-state index contributed by atoms with van der Waals surface area (Å²) in [6.07, 6.45) is 0.284. The van der Waals surface area contributed by atoms with Crippen molar-refractivity contribution >= 4 is 39.3 Å². The first kappa shape index (κ1) is 18.7. The van der Waals surface area contributed by atoms with Gasteiger partial charge < -0.3 is 16.4 Å². The number of amides is 3. The van der Waals surface area contributed by atoms with Crippen molar-refractivity contribution in [1.29, 1.82) is 0 Å². The summed E-state index contributed by atoms with van der Waals surface area (Å²) in [5.41, 5.74) is 7.25. The van der Waals surface area contributed by atoms with Gasteiger partial charge in [0.2, 0.25) is 11.8 Å². The van der Waals surface area contributed by atoms with Crippen molar-refractivity contribution in [2.75, 3.05) is 5.32 Å². The van der Waals surface area contributed by atoms with Crippen LogP contribution >= 0.6 is 15.9 Å². The summed E-state index contributed by atoms with van der Waals surface area (Å²) in [5, 5.41) is 5.27. The predicted molar refractivity (Wildman–Crippen MR) is 99.0 cm³/mol. The van der Waals surface area contributed by atoms with Gasteiger partial charge in [-0.05, 0) is 35.9 Å². The average Bonchev–Trinajstić information content (AvgIpc) is 2.56. The zero-order chi connectivity index (χ0) is 18.4. The monoisotopic (exact) mass is 403 g/mol. The molecule has 0 aliphatic carbocycles. The Bertz CT molecular complexity index is 790. The fraction of sp³-hybridized carbons (Fsp3) is 0.167. The lowest BCUT2D eigenvalue weighted by molar-refractivity contribution is -0.119. The Morgan fingerprint density at radius 3 is 2.28 bits per heavy atom. The van der Waals surface area contributed by atoms with E-state index in [0.717, 1.165) is 10.0 Å². The molecule has 0 fully saturated rings. The van der Waals surface area contributed by atoms with Gasteiger partial charge >= 0.3 is 0 Å². The number of nitrogens with one attached hydrogen (secondary N) is 2. The SMILES string of the molecule is CC(=O)Nc1ccc(C(=O)N[C@@H](Cc2ccccc2Br)C(N)=O)cc1. The predicted octanol–water partition coefficient (Wildman–Crippen LogP) is 2.23. The highest BCUT2D eigenvalue weighted by Crippen LogP contribution is 2.18. The molecule has 2 rings (SSSR count). The quantitative estimate of drug-likeness (QED) is 0.688. The number of benzene rings is 2. The summed E-state index contributed by atoms with van der Waals surface area (Å²) in [6, 6.07) is 13.0. The van der Waals surface area contributed by atoms with Gasteiger partial charge in [-0.3, -0.25) is 14.4 Å². The van der Waals surface area contributed by atoms with E-state index in [0.29, 0.717) is 11.3 Å². The summed E-state index contributed by atoms with van der Waals surface area (Å²) in [6.45, 7) is 1.40. The minimum Gasteiger partial charge on any atom is -0.368 e. The number of rotatable bonds is 6. The lowest BCUT2D eigenvalue weighted by Crippen LogP contribution is -2.45. The van der Waals surface area contributed by atoms with Crippen molar-refractivity contribution < 1.29 is 14.4 Å². The summed E-state index contributed by atoms with van der Waals surface area (Å²) in [7, 11) is 0. The largest absolute Gasteiger partial charge is 0.368 e. The number of primary amides is 1. The smallest absolute Gasteiger partial charge is 0.251 e. The molecule has 25 heavy (non-hydrogen) atoms. The number of carbonyl (C=O) groups is 3. The molecule has 2 aromatic carbocycles. The summed E-state index contributed by atoms with van der Waals surface area (Å²) < 4.78 is 0.843. The molecular formula is C18H18BrN3O3. The van der Waals surface area contributed by atoms with Gasteiger partial charge in [0.1, 0.15) is 6.04 Å². The minimum absolute atomic E-state index is 0.195. The molecule has 0 aliphatic rings. The topological polar surface area (TPSA) is 101 Å². The summed E-state index contributed by atoms with van der Waals surface area (Å²) >= 11 is 3.41.